The van der Waals surface area contributed by atoms with Crippen molar-refractivity contribution in [2.24, 2.45) is 0 Å². The Morgan fingerprint density at radius 3 is 2.48 bits per heavy atom. The number of amides is 1. The molecular weight excluding hydrogens is 318 g/mol. The fourth-order valence-corrected chi connectivity index (χ4v) is 3.01. The number of carbonyl (C=O) groups excluding carboxylic acids is 1. The zero-order valence-electron chi connectivity index (χ0n) is 16.0. The van der Waals surface area contributed by atoms with Gasteiger partial charge < -0.3 is 19.7 Å². The molecule has 2 rings (SSSR count). The van der Waals surface area contributed by atoms with Gasteiger partial charge in [-0.1, -0.05) is 6.07 Å². The maximum atomic E-state index is 12.9. The summed E-state index contributed by atoms with van der Waals surface area (Å²) in [6, 6.07) is 5.55. The first kappa shape index (κ1) is 19.5. The lowest BCUT2D eigenvalue weighted by molar-refractivity contribution is -0.135. The Hall–Kier alpha value is -1.79. The molecule has 1 fully saturated rings. The van der Waals surface area contributed by atoms with E-state index in [1.165, 1.54) is 0 Å². The van der Waals surface area contributed by atoms with Crippen LogP contribution in [0.5, 0.6) is 11.5 Å². The molecule has 6 nitrogen and oxygen atoms in total. The fourth-order valence-electron chi connectivity index (χ4n) is 3.01. The summed E-state index contributed by atoms with van der Waals surface area (Å²) >= 11 is 0. The number of ether oxygens (including phenoxy) is 2. The minimum Gasteiger partial charge on any atom is -0.490 e. The second kappa shape index (κ2) is 9.06. The third kappa shape index (κ3) is 5.09. The van der Waals surface area contributed by atoms with Gasteiger partial charge in [0.25, 0.3) is 0 Å². The van der Waals surface area contributed by atoms with Crippen molar-refractivity contribution >= 4 is 5.91 Å². The van der Waals surface area contributed by atoms with Gasteiger partial charge in [0.2, 0.25) is 5.91 Å². The van der Waals surface area contributed by atoms with Crippen molar-refractivity contribution in [3.63, 3.8) is 0 Å². The number of piperazine rings is 1. The maximum absolute atomic E-state index is 12.9. The molecule has 0 saturated carbocycles. The van der Waals surface area contributed by atoms with Crippen LogP contribution < -0.4 is 14.8 Å². The molecule has 0 bridgehead atoms. The Bertz CT molecular complexity index is 569. The van der Waals surface area contributed by atoms with Crippen molar-refractivity contribution in [1.82, 2.24) is 15.1 Å². The highest BCUT2D eigenvalue weighted by Crippen LogP contribution is 2.34. The Labute approximate surface area is 151 Å². The van der Waals surface area contributed by atoms with Gasteiger partial charge in [-0.3, -0.25) is 9.69 Å². The molecule has 0 aromatic heterocycles. The van der Waals surface area contributed by atoms with E-state index in [4.69, 9.17) is 9.47 Å². The summed E-state index contributed by atoms with van der Waals surface area (Å²) in [6.45, 7) is 9.96. The molecule has 140 valence electrons. The molecule has 6 heteroatoms. The van der Waals surface area contributed by atoms with Gasteiger partial charge in [0.1, 0.15) is 6.04 Å². The van der Waals surface area contributed by atoms with Gasteiger partial charge >= 0.3 is 0 Å². The van der Waals surface area contributed by atoms with Crippen molar-refractivity contribution in [2.75, 3.05) is 46.9 Å². The van der Waals surface area contributed by atoms with Crippen LogP contribution in [0.15, 0.2) is 18.2 Å². The van der Waals surface area contributed by atoms with E-state index >= 15 is 0 Å². The van der Waals surface area contributed by atoms with Gasteiger partial charge in [-0.05, 0) is 38.5 Å². The van der Waals surface area contributed by atoms with Crippen LogP contribution in [0, 0.1) is 0 Å². The van der Waals surface area contributed by atoms with E-state index in [1.807, 2.05) is 39.0 Å². The summed E-state index contributed by atoms with van der Waals surface area (Å²) < 4.78 is 11.6. The smallest absolute Gasteiger partial charge is 0.244 e. The van der Waals surface area contributed by atoms with Crippen LogP contribution in [0.4, 0.5) is 0 Å². The van der Waals surface area contributed by atoms with Crippen LogP contribution >= 0.6 is 0 Å². The van der Waals surface area contributed by atoms with Crippen LogP contribution in [-0.4, -0.2) is 68.7 Å². The number of nitrogens with one attached hydrogen (secondary N) is 1. The Balaban J connectivity index is 2.38. The highest BCUT2D eigenvalue weighted by atomic mass is 16.5. The molecule has 1 saturated heterocycles. The first-order valence-electron chi connectivity index (χ1n) is 9.03. The van der Waals surface area contributed by atoms with E-state index in [0.717, 1.165) is 37.5 Å². The van der Waals surface area contributed by atoms with E-state index in [9.17, 15) is 4.79 Å². The van der Waals surface area contributed by atoms with Crippen molar-refractivity contribution in [1.29, 1.82) is 0 Å². The molecule has 1 aromatic rings. The van der Waals surface area contributed by atoms with Crippen molar-refractivity contribution < 1.29 is 14.3 Å². The standard InChI is InChI=1S/C19H31N3O3/c1-6-24-17-13-15(7-8-16(17)25-14(2)3)18(19(23)21(4)5)22-11-9-20-10-12-22/h7-8,13-14,18,20H,6,9-12H2,1-5H3. The summed E-state index contributed by atoms with van der Waals surface area (Å²) in [5, 5.41) is 3.34. The van der Waals surface area contributed by atoms with E-state index in [2.05, 4.69) is 10.2 Å². The molecule has 1 heterocycles. The van der Waals surface area contributed by atoms with Crippen LogP contribution in [0.2, 0.25) is 0 Å². The zero-order chi connectivity index (χ0) is 18.4. The number of carbonyl (C=O) groups is 1. The largest absolute Gasteiger partial charge is 0.490 e. The predicted molar refractivity (Wildman–Crippen MR) is 99.3 cm³/mol. The molecule has 1 aromatic carbocycles. The van der Waals surface area contributed by atoms with Crippen molar-refractivity contribution in [3.8, 4) is 11.5 Å². The number of benzene rings is 1. The topological polar surface area (TPSA) is 54.0 Å². The SMILES string of the molecule is CCOc1cc(C(C(=O)N(C)C)N2CCNCC2)ccc1OC(C)C. The molecule has 1 N–H and O–H groups in total. The summed E-state index contributed by atoms with van der Waals surface area (Å²) in [5.41, 5.74) is 0.945. The van der Waals surface area contributed by atoms with Gasteiger partial charge in [0, 0.05) is 40.3 Å². The molecular formula is C19H31N3O3. The lowest BCUT2D eigenvalue weighted by atomic mass is 10.0. The lowest BCUT2D eigenvalue weighted by Gasteiger charge is -2.35. The summed E-state index contributed by atoms with van der Waals surface area (Å²) in [5.74, 6) is 1.50. The molecule has 1 unspecified atom stereocenters. The third-order valence-corrected chi connectivity index (χ3v) is 4.14. The maximum Gasteiger partial charge on any atom is 0.244 e. The zero-order valence-corrected chi connectivity index (χ0v) is 16.0. The minimum atomic E-state index is -0.301. The van der Waals surface area contributed by atoms with Crippen molar-refractivity contribution in [3.05, 3.63) is 23.8 Å². The first-order valence-corrected chi connectivity index (χ1v) is 9.03. The Morgan fingerprint density at radius 2 is 1.92 bits per heavy atom. The highest BCUT2D eigenvalue weighted by molar-refractivity contribution is 5.83. The third-order valence-electron chi connectivity index (χ3n) is 4.14. The predicted octanol–water partition coefficient (Wildman–Crippen LogP) is 1.91. The molecule has 0 aliphatic carbocycles. The molecule has 1 amide bonds. The van der Waals surface area contributed by atoms with Gasteiger partial charge in [-0.15, -0.1) is 0 Å². The summed E-state index contributed by atoms with van der Waals surface area (Å²) in [6.07, 6.45) is 0.0671. The average molecular weight is 349 g/mol. The Morgan fingerprint density at radius 1 is 1.24 bits per heavy atom. The molecule has 0 radical (unpaired) electrons. The van der Waals surface area contributed by atoms with Gasteiger partial charge in [0.15, 0.2) is 11.5 Å². The molecule has 0 spiro atoms. The minimum absolute atomic E-state index is 0.0671. The Kier molecular flexibility index (Phi) is 7.08. The molecule has 1 aliphatic heterocycles. The number of rotatable bonds is 7. The summed E-state index contributed by atoms with van der Waals surface area (Å²) in [7, 11) is 3.61. The average Bonchev–Trinajstić information content (AvgIpc) is 2.58. The van der Waals surface area contributed by atoms with E-state index in [-0.39, 0.29) is 18.1 Å². The van der Waals surface area contributed by atoms with Crippen LogP contribution in [0.1, 0.15) is 32.4 Å². The normalized spacial score (nSPS) is 16.6. The fraction of sp³-hybridized carbons (Fsp3) is 0.632. The molecule has 25 heavy (non-hydrogen) atoms. The number of hydrogen-bond donors (Lipinski definition) is 1. The van der Waals surface area contributed by atoms with Crippen molar-refractivity contribution in [2.45, 2.75) is 32.9 Å². The highest BCUT2D eigenvalue weighted by Gasteiger charge is 2.30. The van der Waals surface area contributed by atoms with Gasteiger partial charge in [-0.2, -0.15) is 0 Å². The number of likely N-dealkylation sites (N-methyl/N-ethyl adjacent to an activating group) is 1. The monoisotopic (exact) mass is 349 g/mol. The first-order chi connectivity index (χ1) is 11.9. The van der Waals surface area contributed by atoms with E-state index in [0.29, 0.717) is 12.4 Å². The lowest BCUT2D eigenvalue weighted by Crippen LogP contribution is -2.49. The quantitative estimate of drug-likeness (QED) is 0.815. The molecule has 1 atom stereocenters. The van der Waals surface area contributed by atoms with Crippen LogP contribution in [-0.2, 0) is 4.79 Å². The van der Waals surface area contributed by atoms with Gasteiger partial charge in [0.05, 0.1) is 12.7 Å². The second-order valence-corrected chi connectivity index (χ2v) is 6.73. The van der Waals surface area contributed by atoms with E-state index in [1.54, 1.807) is 19.0 Å². The molecule has 1 aliphatic rings. The number of nitrogens with zero attached hydrogens (tertiary/aromatic N) is 2. The summed E-state index contributed by atoms with van der Waals surface area (Å²) in [4.78, 5) is 16.8. The van der Waals surface area contributed by atoms with E-state index < -0.39 is 0 Å². The van der Waals surface area contributed by atoms with Crippen LogP contribution in [0.3, 0.4) is 0 Å². The second-order valence-electron chi connectivity index (χ2n) is 6.73. The van der Waals surface area contributed by atoms with Gasteiger partial charge in [-0.25, -0.2) is 0 Å². The van der Waals surface area contributed by atoms with Crippen LogP contribution in [0.25, 0.3) is 0 Å². The number of hydrogen-bond acceptors (Lipinski definition) is 5.